The first kappa shape index (κ1) is 15.1. The number of benzene rings is 1. The standard InChI is InChI=1S/C16H23BO3/c1-12(13-7-9-14(18-6)10-8-13)11-17-19-15(2,3)16(4,5)20-17/h7-11H,1-6H3/b12-11-. The van der Waals surface area contributed by atoms with Gasteiger partial charge in [-0.3, -0.25) is 0 Å². The molecule has 0 unspecified atom stereocenters. The molecule has 1 aliphatic heterocycles. The van der Waals surface area contributed by atoms with E-state index in [0.717, 1.165) is 16.9 Å². The first-order chi connectivity index (χ1) is 9.25. The first-order valence-electron chi connectivity index (χ1n) is 6.94. The summed E-state index contributed by atoms with van der Waals surface area (Å²) in [6.07, 6.45) is 0. The Labute approximate surface area is 122 Å². The van der Waals surface area contributed by atoms with Gasteiger partial charge in [0, 0.05) is 0 Å². The van der Waals surface area contributed by atoms with Gasteiger partial charge in [-0.1, -0.05) is 23.7 Å². The molecule has 1 fully saturated rings. The van der Waals surface area contributed by atoms with E-state index >= 15 is 0 Å². The van der Waals surface area contributed by atoms with Crippen molar-refractivity contribution in [1.82, 2.24) is 0 Å². The third-order valence-electron chi connectivity index (χ3n) is 4.20. The fourth-order valence-electron chi connectivity index (χ4n) is 2.11. The summed E-state index contributed by atoms with van der Waals surface area (Å²) in [6.45, 7) is 10.3. The molecule has 0 atom stereocenters. The van der Waals surface area contributed by atoms with E-state index in [4.69, 9.17) is 14.0 Å². The van der Waals surface area contributed by atoms with Gasteiger partial charge in [0.15, 0.2) is 0 Å². The Kier molecular flexibility index (Phi) is 3.98. The molecule has 4 heteroatoms. The fraction of sp³-hybridized carbons (Fsp3) is 0.500. The lowest BCUT2D eigenvalue weighted by molar-refractivity contribution is 0.00578. The van der Waals surface area contributed by atoms with E-state index in [0.29, 0.717) is 0 Å². The van der Waals surface area contributed by atoms with E-state index in [1.807, 2.05) is 30.2 Å². The van der Waals surface area contributed by atoms with Crippen molar-refractivity contribution in [2.45, 2.75) is 45.8 Å². The summed E-state index contributed by atoms with van der Waals surface area (Å²) in [4.78, 5) is 0. The number of methoxy groups -OCH3 is 1. The highest BCUT2D eigenvalue weighted by atomic mass is 16.7. The molecule has 0 saturated carbocycles. The van der Waals surface area contributed by atoms with Crippen molar-refractivity contribution in [2.24, 2.45) is 0 Å². The molecule has 1 aromatic carbocycles. The van der Waals surface area contributed by atoms with Crippen molar-refractivity contribution in [3.05, 3.63) is 35.8 Å². The summed E-state index contributed by atoms with van der Waals surface area (Å²) in [5.41, 5.74) is 1.68. The van der Waals surface area contributed by atoms with Crippen LogP contribution in [0.15, 0.2) is 30.2 Å². The van der Waals surface area contributed by atoms with Gasteiger partial charge in [0.2, 0.25) is 0 Å². The van der Waals surface area contributed by atoms with Crippen LogP contribution in [0.4, 0.5) is 0 Å². The Morgan fingerprint density at radius 1 is 1.05 bits per heavy atom. The van der Waals surface area contributed by atoms with E-state index in [-0.39, 0.29) is 18.3 Å². The van der Waals surface area contributed by atoms with E-state index in [1.54, 1.807) is 7.11 Å². The zero-order valence-corrected chi connectivity index (χ0v) is 13.2. The largest absolute Gasteiger partial charge is 0.497 e. The zero-order valence-electron chi connectivity index (χ0n) is 13.2. The molecule has 2 rings (SSSR count). The van der Waals surface area contributed by atoms with E-state index < -0.39 is 0 Å². The predicted octanol–water partition coefficient (Wildman–Crippen LogP) is 3.73. The van der Waals surface area contributed by atoms with Crippen LogP contribution < -0.4 is 4.74 Å². The lowest BCUT2D eigenvalue weighted by Gasteiger charge is -2.32. The van der Waals surface area contributed by atoms with Crippen LogP contribution in [-0.4, -0.2) is 25.4 Å². The van der Waals surface area contributed by atoms with Crippen LogP contribution in [0.1, 0.15) is 40.2 Å². The normalized spacial score (nSPS) is 21.1. The minimum Gasteiger partial charge on any atom is -0.497 e. The second kappa shape index (κ2) is 5.26. The Morgan fingerprint density at radius 3 is 2.00 bits per heavy atom. The van der Waals surface area contributed by atoms with Gasteiger partial charge in [0.05, 0.1) is 18.3 Å². The monoisotopic (exact) mass is 274 g/mol. The number of hydrogen-bond acceptors (Lipinski definition) is 3. The lowest BCUT2D eigenvalue weighted by Crippen LogP contribution is -2.41. The van der Waals surface area contributed by atoms with Gasteiger partial charge in [0.25, 0.3) is 0 Å². The van der Waals surface area contributed by atoms with Gasteiger partial charge in [-0.2, -0.15) is 0 Å². The maximum absolute atomic E-state index is 5.98. The van der Waals surface area contributed by atoms with Crippen molar-refractivity contribution in [1.29, 1.82) is 0 Å². The molecule has 0 bridgehead atoms. The molecule has 1 aromatic rings. The predicted molar refractivity (Wildman–Crippen MR) is 82.7 cm³/mol. The van der Waals surface area contributed by atoms with Crippen molar-refractivity contribution in [3.63, 3.8) is 0 Å². The van der Waals surface area contributed by atoms with Crippen LogP contribution in [0.2, 0.25) is 0 Å². The maximum Gasteiger partial charge on any atom is 0.487 e. The number of allylic oxidation sites excluding steroid dienone is 1. The topological polar surface area (TPSA) is 27.7 Å². The van der Waals surface area contributed by atoms with Crippen LogP contribution >= 0.6 is 0 Å². The molecule has 0 aliphatic carbocycles. The summed E-state index contributed by atoms with van der Waals surface area (Å²) in [6, 6.07) is 7.99. The van der Waals surface area contributed by atoms with Gasteiger partial charge in [-0.25, -0.2) is 0 Å². The van der Waals surface area contributed by atoms with Gasteiger partial charge >= 0.3 is 7.12 Å². The van der Waals surface area contributed by atoms with E-state index in [9.17, 15) is 0 Å². The fourth-order valence-corrected chi connectivity index (χ4v) is 2.11. The van der Waals surface area contributed by atoms with Crippen LogP contribution in [-0.2, 0) is 9.31 Å². The lowest BCUT2D eigenvalue weighted by atomic mass is 9.85. The maximum atomic E-state index is 5.98. The van der Waals surface area contributed by atoms with Gasteiger partial charge in [-0.05, 0) is 52.3 Å². The SMILES string of the molecule is COc1ccc(/C(C)=C\B2OC(C)(C)C(C)(C)O2)cc1. The van der Waals surface area contributed by atoms with Crippen LogP contribution in [0.5, 0.6) is 5.75 Å². The minimum atomic E-state index is -0.304. The highest BCUT2D eigenvalue weighted by molar-refractivity contribution is 6.53. The Bertz CT molecular complexity index is 487. The zero-order chi connectivity index (χ0) is 15.0. The summed E-state index contributed by atoms with van der Waals surface area (Å²) in [5.74, 6) is 2.88. The van der Waals surface area contributed by atoms with E-state index in [1.165, 1.54) is 0 Å². The molecule has 3 nitrogen and oxygen atoms in total. The molecule has 1 heterocycles. The van der Waals surface area contributed by atoms with Crippen LogP contribution in [0.25, 0.3) is 5.57 Å². The second-order valence-corrected chi connectivity index (χ2v) is 6.20. The average molecular weight is 274 g/mol. The molecule has 1 aliphatic rings. The molecular formula is C16H23BO3. The minimum absolute atomic E-state index is 0.297. The Balaban J connectivity index is 2.15. The molecule has 0 aromatic heterocycles. The quantitative estimate of drug-likeness (QED) is 0.786. The van der Waals surface area contributed by atoms with Gasteiger partial charge in [0.1, 0.15) is 5.75 Å². The Morgan fingerprint density at radius 2 is 1.55 bits per heavy atom. The Hall–Kier alpha value is -1.26. The van der Waals surface area contributed by atoms with Crippen molar-refractivity contribution in [3.8, 4) is 5.75 Å². The number of rotatable bonds is 3. The highest BCUT2D eigenvalue weighted by Gasteiger charge is 2.50. The average Bonchev–Trinajstić information content (AvgIpc) is 2.57. The molecule has 0 spiro atoms. The van der Waals surface area contributed by atoms with Gasteiger partial charge in [-0.15, -0.1) is 0 Å². The van der Waals surface area contributed by atoms with Crippen LogP contribution in [0.3, 0.4) is 0 Å². The van der Waals surface area contributed by atoms with E-state index in [2.05, 4.69) is 34.6 Å². The van der Waals surface area contributed by atoms with Crippen molar-refractivity contribution >= 4 is 12.7 Å². The van der Waals surface area contributed by atoms with Crippen molar-refractivity contribution in [2.75, 3.05) is 7.11 Å². The first-order valence-corrected chi connectivity index (χ1v) is 6.94. The number of ether oxygens (including phenoxy) is 1. The molecular weight excluding hydrogens is 251 g/mol. The molecule has 0 amide bonds. The molecule has 1 saturated heterocycles. The molecule has 20 heavy (non-hydrogen) atoms. The molecule has 0 N–H and O–H groups in total. The summed E-state index contributed by atoms with van der Waals surface area (Å²) < 4.78 is 17.1. The molecule has 108 valence electrons. The third-order valence-corrected chi connectivity index (χ3v) is 4.20. The molecule has 0 radical (unpaired) electrons. The van der Waals surface area contributed by atoms with Crippen LogP contribution in [0, 0.1) is 0 Å². The smallest absolute Gasteiger partial charge is 0.487 e. The van der Waals surface area contributed by atoms with Crippen molar-refractivity contribution < 1.29 is 14.0 Å². The second-order valence-electron chi connectivity index (χ2n) is 6.20. The summed E-state index contributed by atoms with van der Waals surface area (Å²) >= 11 is 0. The highest BCUT2D eigenvalue weighted by Crippen LogP contribution is 2.37. The third kappa shape index (κ3) is 2.91. The van der Waals surface area contributed by atoms with Gasteiger partial charge < -0.3 is 14.0 Å². The number of hydrogen-bond donors (Lipinski definition) is 0. The summed E-state index contributed by atoms with van der Waals surface area (Å²) in [7, 11) is 1.37. The summed E-state index contributed by atoms with van der Waals surface area (Å²) in [5, 5.41) is 0.